The lowest BCUT2D eigenvalue weighted by Gasteiger charge is -2.27. The topological polar surface area (TPSA) is 59.3 Å². The van der Waals surface area contributed by atoms with E-state index in [2.05, 4.69) is 23.6 Å². The van der Waals surface area contributed by atoms with Crippen molar-refractivity contribution >= 4 is 17.1 Å². The van der Waals surface area contributed by atoms with Gasteiger partial charge in [-0.25, -0.2) is 0 Å². The molecule has 4 nitrogen and oxygen atoms in total. The number of hydrogen-bond acceptors (Lipinski definition) is 4. The van der Waals surface area contributed by atoms with Crippen LogP contribution < -0.4 is 21.1 Å². The van der Waals surface area contributed by atoms with Gasteiger partial charge in [0.25, 0.3) is 0 Å². The van der Waals surface area contributed by atoms with Crippen LogP contribution in [-0.2, 0) is 0 Å². The second kappa shape index (κ2) is 6.46. The fraction of sp³-hybridized carbons (Fsp3) is 0.647. The Morgan fingerprint density at radius 2 is 1.86 bits per heavy atom. The fourth-order valence-electron chi connectivity index (χ4n) is 3.36. The number of benzene rings is 1. The third kappa shape index (κ3) is 3.20. The van der Waals surface area contributed by atoms with Crippen molar-refractivity contribution in [2.24, 2.45) is 5.92 Å². The van der Waals surface area contributed by atoms with Crippen LogP contribution in [0.2, 0.25) is 0 Å². The molecule has 3 rings (SSSR count). The number of rotatable bonds is 5. The third-order valence-electron chi connectivity index (χ3n) is 4.65. The molecule has 1 aliphatic carbocycles. The van der Waals surface area contributed by atoms with Crippen LogP contribution in [0.15, 0.2) is 12.1 Å². The number of unbranched alkanes of at least 4 members (excludes halogenated alkanes) is 1. The van der Waals surface area contributed by atoms with E-state index in [1.807, 2.05) is 6.07 Å². The highest BCUT2D eigenvalue weighted by Gasteiger charge is 2.29. The summed E-state index contributed by atoms with van der Waals surface area (Å²) in [5.41, 5.74) is 9.08. The normalized spacial score (nSPS) is 21.5. The van der Waals surface area contributed by atoms with Crippen molar-refractivity contribution in [1.82, 2.24) is 0 Å². The first-order valence-corrected chi connectivity index (χ1v) is 8.37. The van der Waals surface area contributed by atoms with Crippen molar-refractivity contribution in [2.45, 2.75) is 58.0 Å². The molecule has 0 saturated heterocycles. The summed E-state index contributed by atoms with van der Waals surface area (Å²) in [4.78, 5) is 0. The minimum atomic E-state index is 0.352. The molecule has 0 aromatic heterocycles. The van der Waals surface area contributed by atoms with Gasteiger partial charge in [-0.15, -0.1) is 0 Å². The quantitative estimate of drug-likeness (QED) is 0.562. The lowest BCUT2D eigenvalue weighted by molar-refractivity contribution is 0.311. The van der Waals surface area contributed by atoms with Gasteiger partial charge in [-0.1, -0.05) is 32.6 Å². The van der Waals surface area contributed by atoms with Crippen molar-refractivity contribution in [2.75, 3.05) is 23.0 Å². The van der Waals surface area contributed by atoms with Crippen molar-refractivity contribution in [3.63, 3.8) is 0 Å². The van der Waals surface area contributed by atoms with Crippen LogP contribution in [0, 0.1) is 5.92 Å². The molecule has 0 spiro atoms. The summed E-state index contributed by atoms with van der Waals surface area (Å²) in [6.07, 6.45) is 9.27. The summed E-state index contributed by atoms with van der Waals surface area (Å²) in [5.74, 6) is 1.53. The van der Waals surface area contributed by atoms with Gasteiger partial charge in [0.05, 0.1) is 29.8 Å². The monoisotopic (exact) mass is 289 g/mol. The Kier molecular flexibility index (Phi) is 4.42. The van der Waals surface area contributed by atoms with E-state index in [1.165, 1.54) is 32.1 Å². The molecule has 4 N–H and O–H groups in total. The average Bonchev–Trinajstić information content (AvgIpc) is 2.91. The molecular weight excluding hydrogens is 262 g/mol. The van der Waals surface area contributed by atoms with Crippen LogP contribution in [0.3, 0.4) is 0 Å². The maximum atomic E-state index is 6.11. The van der Waals surface area contributed by atoms with Crippen molar-refractivity contribution < 1.29 is 4.74 Å². The number of hydrogen-bond donors (Lipinski definition) is 3. The average molecular weight is 289 g/mol. The van der Waals surface area contributed by atoms with Crippen molar-refractivity contribution in [3.05, 3.63) is 12.1 Å². The Balaban J connectivity index is 1.67. The second-order valence-corrected chi connectivity index (χ2v) is 6.30. The van der Waals surface area contributed by atoms with Crippen LogP contribution in [0.4, 0.5) is 17.1 Å². The van der Waals surface area contributed by atoms with E-state index in [0.29, 0.717) is 6.17 Å². The second-order valence-electron chi connectivity index (χ2n) is 6.30. The first-order chi connectivity index (χ1) is 10.3. The van der Waals surface area contributed by atoms with Crippen molar-refractivity contribution in [1.29, 1.82) is 0 Å². The SMILES string of the molecule is CCCCOc1cc2c(cc1N)NC(C1CCCCC1)N2. The maximum Gasteiger partial charge on any atom is 0.144 e. The molecule has 2 aliphatic rings. The van der Waals surface area contributed by atoms with Gasteiger partial charge in [-0.3, -0.25) is 0 Å². The molecule has 1 saturated carbocycles. The van der Waals surface area contributed by atoms with Gasteiger partial charge < -0.3 is 21.1 Å². The molecule has 116 valence electrons. The van der Waals surface area contributed by atoms with Crippen LogP contribution in [0.25, 0.3) is 0 Å². The predicted octanol–water partition coefficient (Wildman–Crippen LogP) is 4.19. The van der Waals surface area contributed by atoms with Gasteiger partial charge in [0.2, 0.25) is 0 Å². The minimum absolute atomic E-state index is 0.352. The third-order valence-corrected chi connectivity index (χ3v) is 4.65. The van der Waals surface area contributed by atoms with Gasteiger partial charge in [0, 0.05) is 6.07 Å². The zero-order valence-electron chi connectivity index (χ0n) is 13.0. The largest absolute Gasteiger partial charge is 0.491 e. The molecule has 4 heteroatoms. The number of fused-ring (bicyclic) bond motifs is 1. The lowest BCUT2D eigenvalue weighted by atomic mass is 9.87. The van der Waals surface area contributed by atoms with Gasteiger partial charge in [-0.2, -0.15) is 0 Å². The van der Waals surface area contributed by atoms with E-state index in [1.54, 1.807) is 0 Å². The minimum Gasteiger partial charge on any atom is -0.491 e. The number of anilines is 3. The summed E-state index contributed by atoms with van der Waals surface area (Å²) >= 11 is 0. The molecule has 0 bridgehead atoms. The van der Waals surface area contributed by atoms with Gasteiger partial charge >= 0.3 is 0 Å². The smallest absolute Gasteiger partial charge is 0.144 e. The molecule has 1 fully saturated rings. The van der Waals surface area contributed by atoms with Crippen LogP contribution in [0.1, 0.15) is 51.9 Å². The van der Waals surface area contributed by atoms with E-state index in [-0.39, 0.29) is 0 Å². The molecule has 1 aliphatic heterocycles. The Hall–Kier alpha value is -1.58. The Labute approximate surface area is 127 Å². The van der Waals surface area contributed by atoms with Crippen LogP contribution in [-0.4, -0.2) is 12.8 Å². The predicted molar refractivity (Wildman–Crippen MR) is 88.9 cm³/mol. The maximum absolute atomic E-state index is 6.11. The van der Waals surface area contributed by atoms with E-state index in [9.17, 15) is 0 Å². The highest BCUT2D eigenvalue weighted by Crippen LogP contribution is 2.40. The first-order valence-electron chi connectivity index (χ1n) is 8.37. The van der Waals surface area contributed by atoms with E-state index < -0.39 is 0 Å². The summed E-state index contributed by atoms with van der Waals surface area (Å²) in [6, 6.07) is 4.06. The Morgan fingerprint density at radius 1 is 1.14 bits per heavy atom. The number of nitrogens with one attached hydrogen (secondary N) is 2. The molecule has 21 heavy (non-hydrogen) atoms. The van der Waals surface area contributed by atoms with Gasteiger partial charge in [-0.05, 0) is 31.2 Å². The highest BCUT2D eigenvalue weighted by atomic mass is 16.5. The van der Waals surface area contributed by atoms with Crippen LogP contribution >= 0.6 is 0 Å². The summed E-state index contributed by atoms with van der Waals surface area (Å²) in [6.45, 7) is 2.90. The van der Waals surface area contributed by atoms with E-state index in [0.717, 1.165) is 48.2 Å². The van der Waals surface area contributed by atoms with Gasteiger partial charge in [0.1, 0.15) is 5.75 Å². The number of nitrogens with two attached hydrogens (primary N) is 1. The lowest BCUT2D eigenvalue weighted by Crippen LogP contribution is -2.33. The van der Waals surface area contributed by atoms with Crippen molar-refractivity contribution in [3.8, 4) is 5.75 Å². The van der Waals surface area contributed by atoms with Gasteiger partial charge in [0.15, 0.2) is 0 Å². The highest BCUT2D eigenvalue weighted by molar-refractivity contribution is 5.81. The zero-order valence-corrected chi connectivity index (χ0v) is 13.0. The molecule has 1 atom stereocenters. The zero-order chi connectivity index (χ0) is 14.7. The van der Waals surface area contributed by atoms with E-state index in [4.69, 9.17) is 10.5 Å². The molecule has 0 radical (unpaired) electrons. The molecule has 1 unspecified atom stereocenters. The first kappa shape index (κ1) is 14.4. The molecule has 1 aromatic carbocycles. The molecular formula is C17H27N3O. The molecule has 1 heterocycles. The number of nitrogen functional groups attached to an aromatic ring is 1. The standard InChI is InChI=1S/C17H27N3O/c1-2-3-9-21-16-11-15-14(10-13(16)18)19-17(20-15)12-7-5-4-6-8-12/h10-12,17,19-20H,2-9,18H2,1H3. The van der Waals surface area contributed by atoms with Crippen LogP contribution in [0.5, 0.6) is 5.75 Å². The number of ether oxygens (including phenoxy) is 1. The Bertz CT molecular complexity index is 483. The summed E-state index contributed by atoms with van der Waals surface area (Å²) < 4.78 is 5.79. The summed E-state index contributed by atoms with van der Waals surface area (Å²) in [7, 11) is 0. The summed E-state index contributed by atoms with van der Waals surface area (Å²) in [5, 5.41) is 7.21. The Morgan fingerprint density at radius 3 is 2.57 bits per heavy atom. The van der Waals surface area contributed by atoms with E-state index >= 15 is 0 Å². The fourth-order valence-corrected chi connectivity index (χ4v) is 3.36. The molecule has 0 amide bonds. The molecule has 1 aromatic rings.